The van der Waals surface area contributed by atoms with Gasteiger partial charge in [0.2, 0.25) is 0 Å². The summed E-state index contributed by atoms with van der Waals surface area (Å²) in [6.45, 7) is 8.23. The Morgan fingerprint density at radius 3 is 2.69 bits per heavy atom. The van der Waals surface area contributed by atoms with E-state index in [9.17, 15) is 0 Å². The summed E-state index contributed by atoms with van der Waals surface area (Å²) in [5.74, 6) is 1.08. The van der Waals surface area contributed by atoms with E-state index in [2.05, 4.69) is 36.9 Å². The molecular formula is C13H19NOS. The van der Waals surface area contributed by atoms with Crippen molar-refractivity contribution in [3.63, 3.8) is 0 Å². The quantitative estimate of drug-likeness (QED) is 0.750. The van der Waals surface area contributed by atoms with Crippen molar-refractivity contribution in [1.82, 2.24) is 4.90 Å². The van der Waals surface area contributed by atoms with E-state index in [0.717, 1.165) is 32.2 Å². The Labute approximate surface area is 102 Å². The van der Waals surface area contributed by atoms with Gasteiger partial charge in [0.25, 0.3) is 0 Å². The Morgan fingerprint density at radius 2 is 2.00 bits per heavy atom. The van der Waals surface area contributed by atoms with Gasteiger partial charge in [0.15, 0.2) is 0 Å². The first-order valence-electron chi connectivity index (χ1n) is 5.76. The molecule has 16 heavy (non-hydrogen) atoms. The molecule has 1 fully saturated rings. The summed E-state index contributed by atoms with van der Waals surface area (Å²) in [6.07, 6.45) is 0. The molecule has 1 aliphatic rings. The molecule has 3 heteroatoms. The van der Waals surface area contributed by atoms with E-state index in [1.165, 1.54) is 16.0 Å². The van der Waals surface area contributed by atoms with Crippen LogP contribution in [0.25, 0.3) is 0 Å². The fourth-order valence-electron chi connectivity index (χ4n) is 1.85. The number of thioether (sulfide) groups is 1. The number of hydrogen-bond acceptors (Lipinski definition) is 3. The lowest BCUT2D eigenvalue weighted by Crippen LogP contribution is -2.35. The van der Waals surface area contributed by atoms with Gasteiger partial charge in [-0.2, -0.15) is 0 Å². The van der Waals surface area contributed by atoms with Gasteiger partial charge in [0, 0.05) is 23.9 Å². The van der Waals surface area contributed by atoms with Crippen molar-refractivity contribution >= 4 is 11.8 Å². The lowest BCUT2D eigenvalue weighted by molar-refractivity contribution is 0.0474. The Morgan fingerprint density at radius 1 is 1.25 bits per heavy atom. The third-order valence-corrected chi connectivity index (χ3v) is 4.10. The van der Waals surface area contributed by atoms with Gasteiger partial charge in [0.1, 0.15) is 0 Å². The summed E-state index contributed by atoms with van der Waals surface area (Å²) >= 11 is 1.93. The molecule has 0 spiro atoms. The van der Waals surface area contributed by atoms with Gasteiger partial charge in [-0.15, -0.1) is 11.8 Å². The molecule has 0 N–H and O–H groups in total. The minimum absolute atomic E-state index is 0.882. The Bertz CT molecular complexity index is 348. The third kappa shape index (κ3) is 3.24. The van der Waals surface area contributed by atoms with Crippen LogP contribution in [0.1, 0.15) is 11.1 Å². The predicted molar refractivity (Wildman–Crippen MR) is 69.0 cm³/mol. The molecule has 0 radical (unpaired) electrons. The van der Waals surface area contributed by atoms with Crippen molar-refractivity contribution in [2.45, 2.75) is 18.7 Å². The van der Waals surface area contributed by atoms with Crippen LogP contribution in [-0.2, 0) is 4.74 Å². The molecule has 1 aromatic carbocycles. The highest BCUT2D eigenvalue weighted by atomic mass is 32.2. The maximum absolute atomic E-state index is 5.34. The number of benzene rings is 1. The predicted octanol–water partition coefficient (Wildman–Crippen LogP) is 2.69. The Kier molecular flexibility index (Phi) is 4.27. The van der Waals surface area contributed by atoms with E-state index in [0.29, 0.717) is 0 Å². The molecule has 0 amide bonds. The number of hydrogen-bond donors (Lipinski definition) is 0. The van der Waals surface area contributed by atoms with Crippen LogP contribution in [0.4, 0.5) is 0 Å². The molecule has 1 saturated heterocycles. The average Bonchev–Trinajstić information content (AvgIpc) is 2.29. The van der Waals surface area contributed by atoms with Crippen molar-refractivity contribution in [3.05, 3.63) is 29.3 Å². The van der Waals surface area contributed by atoms with Gasteiger partial charge in [-0.25, -0.2) is 0 Å². The molecule has 0 atom stereocenters. The highest BCUT2D eigenvalue weighted by Crippen LogP contribution is 2.24. The van der Waals surface area contributed by atoms with Crippen LogP contribution < -0.4 is 0 Å². The van der Waals surface area contributed by atoms with Crippen LogP contribution in [0.5, 0.6) is 0 Å². The molecular weight excluding hydrogens is 218 g/mol. The largest absolute Gasteiger partial charge is 0.379 e. The monoisotopic (exact) mass is 237 g/mol. The molecule has 1 aliphatic heterocycles. The van der Waals surface area contributed by atoms with Crippen LogP contribution in [0.15, 0.2) is 23.1 Å². The second-order valence-electron chi connectivity index (χ2n) is 4.27. The normalized spacial score (nSPS) is 17.6. The zero-order valence-corrected chi connectivity index (χ0v) is 10.8. The molecule has 1 heterocycles. The van der Waals surface area contributed by atoms with Crippen LogP contribution in [0.3, 0.4) is 0 Å². The number of morpholine rings is 1. The minimum Gasteiger partial charge on any atom is -0.379 e. The smallest absolute Gasteiger partial charge is 0.0594 e. The molecule has 0 aliphatic carbocycles. The highest BCUT2D eigenvalue weighted by Gasteiger charge is 2.10. The van der Waals surface area contributed by atoms with E-state index in [1.807, 2.05) is 11.8 Å². The lowest BCUT2D eigenvalue weighted by atomic mass is 10.2. The van der Waals surface area contributed by atoms with Crippen LogP contribution in [-0.4, -0.2) is 37.1 Å². The van der Waals surface area contributed by atoms with Gasteiger partial charge in [0.05, 0.1) is 13.2 Å². The zero-order valence-electron chi connectivity index (χ0n) is 10.0. The van der Waals surface area contributed by atoms with Crippen molar-refractivity contribution in [2.24, 2.45) is 0 Å². The summed E-state index contributed by atoms with van der Waals surface area (Å²) in [6, 6.07) is 6.67. The van der Waals surface area contributed by atoms with Crippen LogP contribution >= 0.6 is 11.8 Å². The summed E-state index contributed by atoms with van der Waals surface area (Å²) in [5.41, 5.74) is 2.73. The molecule has 2 nitrogen and oxygen atoms in total. The van der Waals surface area contributed by atoms with Gasteiger partial charge >= 0.3 is 0 Å². The van der Waals surface area contributed by atoms with E-state index in [4.69, 9.17) is 4.74 Å². The molecule has 0 aromatic heterocycles. The van der Waals surface area contributed by atoms with Crippen LogP contribution in [0.2, 0.25) is 0 Å². The van der Waals surface area contributed by atoms with Crippen molar-refractivity contribution in [2.75, 3.05) is 32.2 Å². The second kappa shape index (κ2) is 5.71. The van der Waals surface area contributed by atoms with Crippen LogP contribution in [0, 0.1) is 13.8 Å². The average molecular weight is 237 g/mol. The minimum atomic E-state index is 0.882. The third-order valence-electron chi connectivity index (χ3n) is 2.84. The number of ether oxygens (including phenoxy) is 1. The fraction of sp³-hybridized carbons (Fsp3) is 0.538. The lowest BCUT2D eigenvalue weighted by Gasteiger charge is -2.26. The highest BCUT2D eigenvalue weighted by molar-refractivity contribution is 7.99. The van der Waals surface area contributed by atoms with E-state index in [1.54, 1.807) is 0 Å². The molecule has 88 valence electrons. The number of aryl methyl sites for hydroxylation is 2. The molecule has 0 unspecified atom stereocenters. The van der Waals surface area contributed by atoms with Gasteiger partial charge < -0.3 is 4.74 Å². The maximum atomic E-state index is 5.34. The standard InChI is InChI=1S/C13H19NOS/c1-11-3-4-13(12(2)9-11)16-10-14-5-7-15-8-6-14/h3-4,9H,5-8,10H2,1-2H3. The van der Waals surface area contributed by atoms with Gasteiger partial charge in [-0.1, -0.05) is 17.7 Å². The summed E-state index contributed by atoms with van der Waals surface area (Å²) in [5, 5.41) is 0. The van der Waals surface area contributed by atoms with Gasteiger partial charge in [-0.05, 0) is 25.5 Å². The van der Waals surface area contributed by atoms with Crippen molar-refractivity contribution in [1.29, 1.82) is 0 Å². The fourth-order valence-corrected chi connectivity index (χ4v) is 2.88. The zero-order chi connectivity index (χ0) is 11.4. The molecule has 1 aromatic rings. The maximum Gasteiger partial charge on any atom is 0.0594 e. The summed E-state index contributed by atoms with van der Waals surface area (Å²) < 4.78 is 5.34. The first kappa shape index (κ1) is 12.0. The topological polar surface area (TPSA) is 12.5 Å². The first-order chi connectivity index (χ1) is 7.75. The Hall–Kier alpha value is -0.510. The molecule has 2 rings (SSSR count). The second-order valence-corrected chi connectivity index (χ2v) is 5.26. The van der Waals surface area contributed by atoms with Crippen molar-refractivity contribution < 1.29 is 4.74 Å². The molecule has 0 bridgehead atoms. The van der Waals surface area contributed by atoms with E-state index in [-0.39, 0.29) is 0 Å². The Balaban J connectivity index is 1.88. The SMILES string of the molecule is Cc1ccc(SCN2CCOCC2)c(C)c1. The van der Waals surface area contributed by atoms with E-state index < -0.39 is 0 Å². The van der Waals surface area contributed by atoms with Crippen molar-refractivity contribution in [3.8, 4) is 0 Å². The summed E-state index contributed by atoms with van der Waals surface area (Å²) in [7, 11) is 0. The number of rotatable bonds is 3. The van der Waals surface area contributed by atoms with E-state index >= 15 is 0 Å². The summed E-state index contributed by atoms with van der Waals surface area (Å²) in [4.78, 5) is 3.85. The first-order valence-corrected chi connectivity index (χ1v) is 6.74. The molecule has 0 saturated carbocycles. The number of nitrogens with zero attached hydrogens (tertiary/aromatic N) is 1. The van der Waals surface area contributed by atoms with Gasteiger partial charge in [-0.3, -0.25) is 4.90 Å².